The van der Waals surface area contributed by atoms with Gasteiger partial charge in [-0.1, -0.05) is 30.3 Å². The maximum atomic E-state index is 12.4. The van der Waals surface area contributed by atoms with Gasteiger partial charge in [0.2, 0.25) is 5.78 Å². The maximum absolute atomic E-state index is 12.4. The Balaban J connectivity index is 1.64. The Morgan fingerprint density at radius 1 is 1.04 bits per heavy atom. The van der Waals surface area contributed by atoms with E-state index in [0.29, 0.717) is 5.69 Å². The molecule has 1 atom stereocenters. The van der Waals surface area contributed by atoms with Crippen molar-refractivity contribution in [2.75, 3.05) is 0 Å². The number of hydrogen-bond donors (Lipinski definition) is 1. The minimum absolute atomic E-state index is 0.0675. The number of nitrogens with one attached hydrogen (secondary N) is 1. The summed E-state index contributed by atoms with van der Waals surface area (Å²) in [4.78, 5) is 24.6. The number of benzene rings is 2. The predicted octanol–water partition coefficient (Wildman–Crippen LogP) is 4.11. The SMILES string of the molecule is C[C@H](OC(=O)c1cc(-c2ccccc2)n[nH]1)C(=O)c1ccc(OC(F)F)cc1. The fourth-order valence-corrected chi connectivity index (χ4v) is 2.50. The van der Waals surface area contributed by atoms with E-state index in [0.717, 1.165) is 5.56 Å². The zero-order chi connectivity index (χ0) is 20.1. The molecule has 0 saturated carbocycles. The summed E-state index contributed by atoms with van der Waals surface area (Å²) >= 11 is 0. The molecule has 1 aromatic heterocycles. The van der Waals surface area contributed by atoms with Gasteiger partial charge in [-0.3, -0.25) is 9.89 Å². The number of halogens is 2. The summed E-state index contributed by atoms with van der Waals surface area (Å²) in [5, 5.41) is 6.66. The van der Waals surface area contributed by atoms with Crippen LogP contribution in [-0.2, 0) is 4.74 Å². The summed E-state index contributed by atoms with van der Waals surface area (Å²) in [6, 6.07) is 15.9. The third kappa shape index (κ3) is 4.59. The number of ether oxygens (including phenoxy) is 2. The monoisotopic (exact) mass is 386 g/mol. The van der Waals surface area contributed by atoms with E-state index in [9.17, 15) is 18.4 Å². The first-order valence-electron chi connectivity index (χ1n) is 8.35. The Hall–Kier alpha value is -3.55. The molecule has 1 N–H and O–H groups in total. The fraction of sp³-hybridized carbons (Fsp3) is 0.150. The van der Waals surface area contributed by atoms with E-state index in [1.807, 2.05) is 30.3 Å². The van der Waals surface area contributed by atoms with Crippen LogP contribution in [0.1, 0.15) is 27.8 Å². The second kappa shape index (κ2) is 8.43. The third-order valence-corrected chi connectivity index (χ3v) is 3.88. The number of Topliss-reactive ketones (excluding diaryl/α,β-unsaturated/α-hetero) is 1. The number of aromatic amines is 1. The molecule has 144 valence electrons. The van der Waals surface area contributed by atoms with Gasteiger partial charge in [0.1, 0.15) is 11.4 Å². The topological polar surface area (TPSA) is 81.3 Å². The fourth-order valence-electron chi connectivity index (χ4n) is 2.50. The van der Waals surface area contributed by atoms with Gasteiger partial charge in [-0.05, 0) is 37.3 Å². The van der Waals surface area contributed by atoms with Crippen LogP contribution in [0, 0.1) is 0 Å². The number of nitrogens with zero attached hydrogens (tertiary/aromatic N) is 1. The first-order valence-corrected chi connectivity index (χ1v) is 8.35. The molecule has 1 heterocycles. The van der Waals surface area contributed by atoms with Crippen molar-refractivity contribution in [1.29, 1.82) is 0 Å². The zero-order valence-corrected chi connectivity index (χ0v) is 14.8. The molecule has 0 aliphatic carbocycles. The molecule has 0 amide bonds. The van der Waals surface area contributed by atoms with Crippen LogP contribution in [0.15, 0.2) is 60.7 Å². The Kier molecular flexibility index (Phi) is 5.78. The highest BCUT2D eigenvalue weighted by Gasteiger charge is 2.22. The zero-order valence-electron chi connectivity index (χ0n) is 14.8. The molecular formula is C20H16F2N2O4. The quantitative estimate of drug-likeness (QED) is 0.488. The van der Waals surface area contributed by atoms with Gasteiger partial charge in [0.25, 0.3) is 0 Å². The number of rotatable bonds is 7. The average Bonchev–Trinajstić information content (AvgIpc) is 3.18. The van der Waals surface area contributed by atoms with E-state index < -0.39 is 24.5 Å². The highest BCUT2D eigenvalue weighted by Crippen LogP contribution is 2.19. The molecule has 6 nitrogen and oxygen atoms in total. The van der Waals surface area contributed by atoms with E-state index >= 15 is 0 Å². The van der Waals surface area contributed by atoms with Gasteiger partial charge >= 0.3 is 12.6 Å². The molecular weight excluding hydrogens is 370 g/mol. The number of carbonyl (C=O) groups excluding carboxylic acids is 2. The summed E-state index contributed by atoms with van der Waals surface area (Å²) < 4.78 is 33.8. The second-order valence-electron chi connectivity index (χ2n) is 5.85. The third-order valence-electron chi connectivity index (χ3n) is 3.88. The molecule has 0 spiro atoms. The van der Waals surface area contributed by atoms with Gasteiger partial charge in [-0.2, -0.15) is 13.9 Å². The molecule has 0 aliphatic rings. The highest BCUT2D eigenvalue weighted by atomic mass is 19.3. The lowest BCUT2D eigenvalue weighted by atomic mass is 10.1. The smallest absolute Gasteiger partial charge is 0.387 e. The van der Waals surface area contributed by atoms with Crippen molar-refractivity contribution in [3.05, 3.63) is 71.9 Å². The van der Waals surface area contributed by atoms with Crippen LogP contribution in [-0.4, -0.2) is 34.7 Å². The van der Waals surface area contributed by atoms with Gasteiger partial charge in [-0.15, -0.1) is 0 Å². The lowest BCUT2D eigenvalue weighted by Crippen LogP contribution is -2.24. The van der Waals surface area contributed by atoms with Crippen LogP contribution in [0.25, 0.3) is 11.3 Å². The number of esters is 1. The van der Waals surface area contributed by atoms with Crippen molar-refractivity contribution in [2.45, 2.75) is 19.6 Å². The van der Waals surface area contributed by atoms with Crippen molar-refractivity contribution in [3.63, 3.8) is 0 Å². The van der Waals surface area contributed by atoms with Crippen molar-refractivity contribution < 1.29 is 27.8 Å². The molecule has 2 aromatic carbocycles. The van der Waals surface area contributed by atoms with E-state index in [4.69, 9.17) is 4.74 Å². The van der Waals surface area contributed by atoms with Crippen LogP contribution < -0.4 is 4.74 Å². The molecule has 3 rings (SSSR count). The van der Waals surface area contributed by atoms with E-state index in [1.165, 1.54) is 37.3 Å². The molecule has 3 aromatic rings. The normalized spacial score (nSPS) is 11.9. The van der Waals surface area contributed by atoms with Gasteiger partial charge in [-0.25, -0.2) is 4.79 Å². The summed E-state index contributed by atoms with van der Waals surface area (Å²) in [6.07, 6.45) is -1.07. The first-order chi connectivity index (χ1) is 13.4. The number of ketones is 1. The number of alkyl halides is 2. The summed E-state index contributed by atoms with van der Waals surface area (Å²) in [5.74, 6) is -1.27. The first kappa shape index (κ1) is 19.2. The molecule has 0 aliphatic heterocycles. The molecule has 0 bridgehead atoms. The minimum atomic E-state index is -2.95. The van der Waals surface area contributed by atoms with Crippen LogP contribution in [0.3, 0.4) is 0 Å². The number of aromatic nitrogens is 2. The van der Waals surface area contributed by atoms with Crippen LogP contribution in [0.4, 0.5) is 8.78 Å². The highest BCUT2D eigenvalue weighted by molar-refractivity contribution is 6.01. The van der Waals surface area contributed by atoms with Gasteiger partial charge in [0.05, 0.1) is 5.69 Å². The minimum Gasteiger partial charge on any atom is -0.450 e. The number of hydrogen-bond acceptors (Lipinski definition) is 5. The Labute approximate surface area is 159 Å². The Morgan fingerprint density at radius 2 is 1.71 bits per heavy atom. The Bertz CT molecular complexity index is 956. The van der Waals surface area contributed by atoms with Crippen molar-refractivity contribution in [1.82, 2.24) is 10.2 Å². The van der Waals surface area contributed by atoms with Gasteiger partial charge in [0, 0.05) is 11.1 Å². The van der Waals surface area contributed by atoms with E-state index in [1.54, 1.807) is 0 Å². The van der Waals surface area contributed by atoms with Crippen molar-refractivity contribution in [2.24, 2.45) is 0 Å². The Morgan fingerprint density at radius 3 is 2.36 bits per heavy atom. The van der Waals surface area contributed by atoms with Crippen LogP contribution in [0.5, 0.6) is 5.75 Å². The predicted molar refractivity (Wildman–Crippen MR) is 96.3 cm³/mol. The number of H-pyrrole nitrogens is 1. The van der Waals surface area contributed by atoms with Crippen molar-refractivity contribution in [3.8, 4) is 17.0 Å². The summed E-state index contributed by atoms with van der Waals surface area (Å²) in [7, 11) is 0. The molecule has 0 unspecified atom stereocenters. The van der Waals surface area contributed by atoms with Gasteiger partial charge in [0.15, 0.2) is 6.10 Å². The maximum Gasteiger partial charge on any atom is 0.387 e. The lowest BCUT2D eigenvalue weighted by Gasteiger charge is -2.12. The second-order valence-corrected chi connectivity index (χ2v) is 5.85. The standard InChI is InChI=1S/C20H16F2N2O4/c1-12(18(25)14-7-9-15(10-8-14)28-20(21)22)27-19(26)17-11-16(23-24-17)13-5-3-2-4-6-13/h2-12,20H,1H3,(H,23,24)/t12-/m0/s1. The lowest BCUT2D eigenvalue weighted by molar-refractivity contribution is -0.0498. The number of carbonyl (C=O) groups is 2. The van der Waals surface area contributed by atoms with Gasteiger partial charge < -0.3 is 9.47 Å². The molecule has 0 radical (unpaired) electrons. The molecule has 8 heteroatoms. The molecule has 0 fully saturated rings. The van der Waals surface area contributed by atoms with Crippen LogP contribution >= 0.6 is 0 Å². The molecule has 28 heavy (non-hydrogen) atoms. The summed E-state index contributed by atoms with van der Waals surface area (Å²) in [5.41, 5.74) is 1.71. The average molecular weight is 386 g/mol. The largest absolute Gasteiger partial charge is 0.450 e. The van der Waals surface area contributed by atoms with Crippen molar-refractivity contribution >= 4 is 11.8 Å². The van der Waals surface area contributed by atoms with E-state index in [-0.39, 0.29) is 17.0 Å². The summed E-state index contributed by atoms with van der Waals surface area (Å²) in [6.45, 7) is -1.52. The van der Waals surface area contributed by atoms with Crippen LogP contribution in [0.2, 0.25) is 0 Å². The van der Waals surface area contributed by atoms with E-state index in [2.05, 4.69) is 14.9 Å². The molecule has 0 saturated heterocycles.